The first kappa shape index (κ1) is 11.6. The molecule has 1 aromatic carbocycles. The number of hydrogen-bond acceptors (Lipinski definition) is 4. The monoisotopic (exact) mass is 258 g/mol. The molecule has 0 atom stereocenters. The van der Waals surface area contributed by atoms with E-state index in [1.807, 2.05) is 12.1 Å². The summed E-state index contributed by atoms with van der Waals surface area (Å²) in [5.74, 6) is 0.206. The maximum absolute atomic E-state index is 12.3. The van der Waals surface area contributed by atoms with Gasteiger partial charge in [-0.3, -0.25) is 9.78 Å². The highest BCUT2D eigenvalue weighted by atomic mass is 32.1. The van der Waals surface area contributed by atoms with Crippen molar-refractivity contribution in [2.45, 2.75) is 19.4 Å². The van der Waals surface area contributed by atoms with Crippen molar-refractivity contribution >= 4 is 17.1 Å². The van der Waals surface area contributed by atoms with Crippen LogP contribution in [-0.2, 0) is 19.4 Å². The van der Waals surface area contributed by atoms with Crippen LogP contribution in [0.4, 0.5) is 0 Å². The van der Waals surface area contributed by atoms with Gasteiger partial charge in [0, 0.05) is 29.6 Å². The Bertz CT molecular complexity index is 563. The predicted molar refractivity (Wildman–Crippen MR) is 72.0 cm³/mol. The van der Waals surface area contributed by atoms with Crippen LogP contribution in [0.5, 0.6) is 0 Å². The van der Waals surface area contributed by atoms with Gasteiger partial charge in [0.15, 0.2) is 5.78 Å². The first-order chi connectivity index (χ1) is 8.84. The highest BCUT2D eigenvalue weighted by Gasteiger charge is 2.17. The van der Waals surface area contributed by atoms with Crippen molar-refractivity contribution in [3.05, 3.63) is 51.5 Å². The third-order valence-electron chi connectivity index (χ3n) is 3.26. The number of carbonyl (C=O) groups excluding carboxylic acids is 1. The lowest BCUT2D eigenvalue weighted by Gasteiger charge is -2.19. The molecule has 1 aliphatic rings. The van der Waals surface area contributed by atoms with E-state index in [1.165, 1.54) is 22.5 Å². The summed E-state index contributed by atoms with van der Waals surface area (Å²) in [5, 5.41) is 3.33. The maximum Gasteiger partial charge on any atom is 0.168 e. The van der Waals surface area contributed by atoms with Crippen LogP contribution in [0.1, 0.15) is 26.4 Å². The number of nitrogens with zero attached hydrogens (tertiary/aromatic N) is 1. The van der Waals surface area contributed by atoms with E-state index in [2.05, 4.69) is 16.4 Å². The molecule has 18 heavy (non-hydrogen) atoms. The molecule has 0 spiro atoms. The molecule has 3 rings (SSSR count). The molecule has 0 saturated carbocycles. The zero-order chi connectivity index (χ0) is 12.4. The molecule has 92 valence electrons. The van der Waals surface area contributed by atoms with E-state index in [4.69, 9.17) is 0 Å². The minimum atomic E-state index is 0.206. The van der Waals surface area contributed by atoms with E-state index in [0.29, 0.717) is 6.42 Å². The molecule has 0 fully saturated rings. The number of ketones is 1. The summed E-state index contributed by atoms with van der Waals surface area (Å²) in [5.41, 5.74) is 5.15. The molecule has 2 heterocycles. The van der Waals surface area contributed by atoms with Crippen molar-refractivity contribution in [2.24, 2.45) is 0 Å². The zero-order valence-corrected chi connectivity index (χ0v) is 10.8. The molecule has 1 N–H and O–H groups in total. The minimum Gasteiger partial charge on any atom is -0.312 e. The van der Waals surface area contributed by atoms with E-state index in [1.54, 1.807) is 11.7 Å². The number of rotatable bonds is 3. The van der Waals surface area contributed by atoms with Crippen molar-refractivity contribution in [3.63, 3.8) is 0 Å². The third-order valence-corrected chi connectivity index (χ3v) is 4.04. The van der Waals surface area contributed by atoms with E-state index in [9.17, 15) is 4.79 Å². The van der Waals surface area contributed by atoms with Crippen molar-refractivity contribution < 1.29 is 4.79 Å². The third kappa shape index (κ3) is 2.21. The molecular weight excluding hydrogens is 244 g/mol. The summed E-state index contributed by atoms with van der Waals surface area (Å²) in [6.07, 6.45) is 3.19. The summed E-state index contributed by atoms with van der Waals surface area (Å²) in [4.78, 5) is 17.4. The topological polar surface area (TPSA) is 42.0 Å². The van der Waals surface area contributed by atoms with Gasteiger partial charge in [0.2, 0.25) is 0 Å². The molecule has 0 radical (unpaired) electrons. The molecule has 3 nitrogen and oxygen atoms in total. The van der Waals surface area contributed by atoms with E-state index in [0.717, 1.165) is 30.0 Å². The average molecular weight is 258 g/mol. The predicted octanol–water partition coefficient (Wildman–Crippen LogP) is 2.21. The number of aromatic nitrogens is 1. The summed E-state index contributed by atoms with van der Waals surface area (Å²) < 4.78 is 0. The second kappa shape index (κ2) is 5.00. The minimum absolute atomic E-state index is 0.206. The van der Waals surface area contributed by atoms with Crippen molar-refractivity contribution in [3.8, 4) is 0 Å². The summed E-state index contributed by atoms with van der Waals surface area (Å²) in [6.45, 7) is 1.83. The first-order valence-corrected chi connectivity index (χ1v) is 6.94. The van der Waals surface area contributed by atoms with Gasteiger partial charge in [0.1, 0.15) is 0 Å². The second-order valence-electron chi connectivity index (χ2n) is 4.44. The summed E-state index contributed by atoms with van der Waals surface area (Å²) in [6, 6.07) is 6.03. The first-order valence-electron chi connectivity index (χ1n) is 6.06. The largest absolute Gasteiger partial charge is 0.312 e. The Kier molecular flexibility index (Phi) is 3.21. The zero-order valence-electron chi connectivity index (χ0n) is 9.98. The highest BCUT2D eigenvalue weighted by molar-refractivity contribution is 7.09. The fraction of sp³-hybridized carbons (Fsp3) is 0.286. The normalized spacial score (nSPS) is 14.2. The Labute approximate surface area is 110 Å². The van der Waals surface area contributed by atoms with Gasteiger partial charge in [-0.05, 0) is 24.1 Å². The Morgan fingerprint density at radius 3 is 3.22 bits per heavy atom. The van der Waals surface area contributed by atoms with Crippen LogP contribution in [0.2, 0.25) is 0 Å². The number of fused-ring (bicyclic) bond motifs is 1. The molecule has 4 heteroatoms. The van der Waals surface area contributed by atoms with Gasteiger partial charge >= 0.3 is 0 Å². The fourth-order valence-corrected chi connectivity index (χ4v) is 2.97. The Morgan fingerprint density at radius 1 is 1.44 bits per heavy atom. The van der Waals surface area contributed by atoms with Crippen molar-refractivity contribution in [1.82, 2.24) is 10.3 Å². The molecule has 1 aromatic heterocycles. The van der Waals surface area contributed by atoms with Gasteiger partial charge in [-0.25, -0.2) is 0 Å². The van der Waals surface area contributed by atoms with Gasteiger partial charge in [-0.15, -0.1) is 11.3 Å². The summed E-state index contributed by atoms with van der Waals surface area (Å²) in [7, 11) is 0. The molecule has 0 unspecified atom stereocenters. The van der Waals surface area contributed by atoms with Crippen molar-refractivity contribution in [1.29, 1.82) is 0 Å². The SMILES string of the molecule is O=C(Cc1cncs1)c1cccc2c1CCNC2. The molecule has 0 saturated heterocycles. The quantitative estimate of drug-likeness (QED) is 0.858. The number of Topliss-reactive ketones (excluding diaryl/α,β-unsaturated/α-hetero) is 1. The lowest BCUT2D eigenvalue weighted by molar-refractivity contribution is 0.0992. The Morgan fingerprint density at radius 2 is 2.39 bits per heavy atom. The summed E-state index contributed by atoms with van der Waals surface area (Å²) >= 11 is 1.54. The van der Waals surface area contributed by atoms with Crippen molar-refractivity contribution in [2.75, 3.05) is 6.54 Å². The Balaban J connectivity index is 1.89. The smallest absolute Gasteiger partial charge is 0.168 e. The molecular formula is C14H14N2OS. The molecule has 0 bridgehead atoms. The molecule has 2 aromatic rings. The molecule has 0 aliphatic carbocycles. The van der Waals surface area contributed by atoms with E-state index in [-0.39, 0.29) is 5.78 Å². The van der Waals surface area contributed by atoms with Crippen LogP contribution in [0.25, 0.3) is 0 Å². The average Bonchev–Trinajstić information content (AvgIpc) is 2.91. The lowest BCUT2D eigenvalue weighted by Crippen LogP contribution is -2.25. The van der Waals surface area contributed by atoms with Crippen LogP contribution in [0.15, 0.2) is 29.9 Å². The van der Waals surface area contributed by atoms with Crippen LogP contribution in [-0.4, -0.2) is 17.3 Å². The molecule has 0 amide bonds. The number of benzene rings is 1. The van der Waals surface area contributed by atoms with Gasteiger partial charge in [0.25, 0.3) is 0 Å². The van der Waals surface area contributed by atoms with E-state index >= 15 is 0 Å². The number of carbonyl (C=O) groups is 1. The molecule has 1 aliphatic heterocycles. The lowest BCUT2D eigenvalue weighted by atomic mass is 9.92. The number of thiazole rings is 1. The van der Waals surface area contributed by atoms with Crippen LogP contribution < -0.4 is 5.32 Å². The van der Waals surface area contributed by atoms with Gasteiger partial charge in [-0.1, -0.05) is 18.2 Å². The number of nitrogens with one attached hydrogen (secondary N) is 1. The van der Waals surface area contributed by atoms with Gasteiger partial charge in [-0.2, -0.15) is 0 Å². The highest BCUT2D eigenvalue weighted by Crippen LogP contribution is 2.21. The second-order valence-corrected chi connectivity index (χ2v) is 5.41. The Hall–Kier alpha value is -1.52. The van der Waals surface area contributed by atoms with Crippen LogP contribution >= 0.6 is 11.3 Å². The van der Waals surface area contributed by atoms with E-state index < -0.39 is 0 Å². The number of hydrogen-bond donors (Lipinski definition) is 1. The van der Waals surface area contributed by atoms with Crippen LogP contribution in [0.3, 0.4) is 0 Å². The standard InChI is InChI=1S/C14H14N2OS/c17-14(6-11-8-16-9-18-11)13-3-1-2-10-7-15-5-4-12(10)13/h1-3,8-9,15H,4-7H2. The fourth-order valence-electron chi connectivity index (χ4n) is 2.38. The van der Waals surface area contributed by atoms with Gasteiger partial charge in [0.05, 0.1) is 5.51 Å². The van der Waals surface area contributed by atoms with Gasteiger partial charge < -0.3 is 5.32 Å². The maximum atomic E-state index is 12.3. The van der Waals surface area contributed by atoms with Crippen LogP contribution in [0, 0.1) is 0 Å².